The van der Waals surface area contributed by atoms with Crippen LogP contribution < -0.4 is 5.32 Å². The Labute approximate surface area is 352 Å². The van der Waals surface area contributed by atoms with Gasteiger partial charge >= 0.3 is 6.09 Å². The highest BCUT2D eigenvalue weighted by Gasteiger charge is 2.56. The van der Waals surface area contributed by atoms with Crippen LogP contribution in [0.15, 0.2) is 60.8 Å². The summed E-state index contributed by atoms with van der Waals surface area (Å²) >= 11 is 0. The molecule has 11 heteroatoms. The summed E-state index contributed by atoms with van der Waals surface area (Å²) in [6, 6.07) is 19.5. The maximum atomic E-state index is 13.9. The minimum Gasteiger partial charge on any atom is -0.453 e. The molecule has 0 spiro atoms. The van der Waals surface area contributed by atoms with E-state index >= 15 is 0 Å². The second kappa shape index (κ2) is 14.9. The van der Waals surface area contributed by atoms with Gasteiger partial charge < -0.3 is 29.8 Å². The molecule has 10 rings (SSSR count). The number of rotatable bonds is 10. The Kier molecular flexibility index (Phi) is 9.63. The molecule has 4 heterocycles. The third-order valence-electron chi connectivity index (χ3n) is 14.8. The maximum Gasteiger partial charge on any atom is 0.407 e. The van der Waals surface area contributed by atoms with Crippen LogP contribution in [0.3, 0.4) is 0 Å². The van der Waals surface area contributed by atoms with Crippen molar-refractivity contribution in [2.75, 3.05) is 13.7 Å². The monoisotopic (exact) mass is 807 g/mol. The van der Waals surface area contributed by atoms with Gasteiger partial charge in [0, 0.05) is 18.5 Å². The Balaban J connectivity index is 0.897. The van der Waals surface area contributed by atoms with Crippen LogP contribution in [0.4, 0.5) is 4.79 Å². The Bertz CT molecular complexity index is 2480. The quantitative estimate of drug-likeness (QED) is 0.129. The first-order chi connectivity index (χ1) is 29.0. The largest absolute Gasteiger partial charge is 0.453 e. The third kappa shape index (κ3) is 6.50. The Morgan fingerprint density at radius 2 is 1.57 bits per heavy atom. The molecule has 3 amide bonds. The van der Waals surface area contributed by atoms with Gasteiger partial charge in [0.1, 0.15) is 17.7 Å². The summed E-state index contributed by atoms with van der Waals surface area (Å²) in [5, 5.41) is 2.77. The van der Waals surface area contributed by atoms with Crippen LogP contribution in [0, 0.1) is 29.6 Å². The molecule has 3 N–H and O–H groups in total. The standard InChI is InChI=1S/C49H57N7O4/c1-25(2)27(5)47(57)55-19-7-8-40(55)46-51-37-18-14-31(21-38(37)52-46)33-16-17-34(43-35-15-13-30(35)20-36(33)43)28-9-11-29(12-10-28)39-24-50-45(53-39)42-23-32-22-41(32)56(42)48(58)44(26(3)4)54-49(59)60-6/h9-12,14,16-18,21,24-27,30,32,35,40-42,44H,7-8,13,15,19-20,22-23H2,1-6H3,(H,50,53)(H,51,52)(H,54,59). The van der Waals surface area contributed by atoms with Crippen molar-refractivity contribution in [3.05, 3.63) is 83.6 Å². The number of ether oxygens (including phenoxy) is 1. The molecule has 2 saturated carbocycles. The lowest BCUT2D eigenvalue weighted by Crippen LogP contribution is -2.52. The Hall–Kier alpha value is -5.45. The van der Waals surface area contributed by atoms with Crippen molar-refractivity contribution in [1.82, 2.24) is 35.1 Å². The molecule has 3 aromatic carbocycles. The number of aromatic nitrogens is 4. The van der Waals surface area contributed by atoms with E-state index in [-0.39, 0.29) is 41.8 Å². The summed E-state index contributed by atoms with van der Waals surface area (Å²) in [4.78, 5) is 60.5. The van der Waals surface area contributed by atoms with Crippen molar-refractivity contribution in [3.8, 4) is 33.5 Å². The number of methoxy groups -OCH3 is 1. The molecule has 60 heavy (non-hydrogen) atoms. The zero-order valence-corrected chi connectivity index (χ0v) is 35.6. The Morgan fingerprint density at radius 1 is 0.800 bits per heavy atom. The summed E-state index contributed by atoms with van der Waals surface area (Å²) in [5.74, 6) is 3.81. The number of carbonyl (C=O) groups is 3. The zero-order chi connectivity index (χ0) is 41.6. The summed E-state index contributed by atoms with van der Waals surface area (Å²) in [6.07, 6.45) is 8.70. The van der Waals surface area contributed by atoms with Crippen LogP contribution >= 0.6 is 0 Å². The van der Waals surface area contributed by atoms with E-state index in [0.717, 1.165) is 72.6 Å². The predicted octanol–water partition coefficient (Wildman–Crippen LogP) is 9.33. The van der Waals surface area contributed by atoms with Crippen molar-refractivity contribution in [2.24, 2.45) is 29.6 Å². The highest BCUT2D eigenvalue weighted by atomic mass is 16.5. The number of piperidine rings is 1. The van der Waals surface area contributed by atoms with Gasteiger partial charge in [-0.15, -0.1) is 0 Å². The van der Waals surface area contributed by atoms with E-state index < -0.39 is 12.1 Å². The van der Waals surface area contributed by atoms with E-state index in [9.17, 15) is 14.4 Å². The number of likely N-dealkylation sites (tertiary alicyclic amines) is 2. The number of fused-ring (bicyclic) bond motifs is 5. The molecule has 5 aromatic rings. The van der Waals surface area contributed by atoms with Gasteiger partial charge in [0.2, 0.25) is 11.8 Å². The van der Waals surface area contributed by atoms with Gasteiger partial charge in [0.25, 0.3) is 0 Å². The summed E-state index contributed by atoms with van der Waals surface area (Å²) in [7, 11) is 1.32. The van der Waals surface area contributed by atoms with Gasteiger partial charge in [-0.1, -0.05) is 77.1 Å². The summed E-state index contributed by atoms with van der Waals surface area (Å²) in [6.45, 7) is 11.0. The molecule has 2 aliphatic heterocycles. The molecule has 312 valence electrons. The average molecular weight is 808 g/mol. The number of hydrogen-bond acceptors (Lipinski definition) is 6. The normalized spacial score (nSPS) is 24.9. The number of carbonyl (C=O) groups excluding carboxylic acids is 3. The smallest absolute Gasteiger partial charge is 0.407 e. The maximum absolute atomic E-state index is 13.9. The van der Waals surface area contributed by atoms with E-state index in [1.165, 1.54) is 53.3 Å². The molecule has 2 aromatic heterocycles. The SMILES string of the molecule is COC(=O)NC(C(=O)N1C(c2ncc(-c3ccc(-c4ccc(-c5ccc6nc(C7CCCN7C(=O)C(C)C(C)C)[nH]c6c5)c5c4C4CCC4C5)cc3)[nH]2)CC2CC21)C(C)C. The highest BCUT2D eigenvalue weighted by Crippen LogP contribution is 2.56. The molecule has 4 fully saturated rings. The molecular formula is C49H57N7O4. The molecule has 5 aliphatic rings. The summed E-state index contributed by atoms with van der Waals surface area (Å²) in [5.41, 5.74) is 12.0. The lowest BCUT2D eigenvalue weighted by atomic mass is 9.73. The van der Waals surface area contributed by atoms with Crippen LogP contribution in [0.5, 0.6) is 0 Å². The zero-order valence-electron chi connectivity index (χ0n) is 35.6. The predicted molar refractivity (Wildman–Crippen MR) is 232 cm³/mol. The number of imidazole rings is 2. The molecule has 8 atom stereocenters. The number of H-pyrrole nitrogens is 2. The second-order valence-electron chi connectivity index (χ2n) is 19.0. The molecular weight excluding hydrogens is 751 g/mol. The first-order valence-corrected chi connectivity index (χ1v) is 22.3. The van der Waals surface area contributed by atoms with Gasteiger partial charge in [0.15, 0.2) is 0 Å². The van der Waals surface area contributed by atoms with E-state index in [0.29, 0.717) is 23.7 Å². The van der Waals surface area contributed by atoms with Crippen molar-refractivity contribution in [1.29, 1.82) is 0 Å². The fourth-order valence-electron chi connectivity index (χ4n) is 10.9. The van der Waals surface area contributed by atoms with Crippen LogP contribution in [-0.4, -0.2) is 73.4 Å². The van der Waals surface area contributed by atoms with Crippen molar-refractivity contribution in [2.45, 2.75) is 110 Å². The number of aromatic amines is 2. The van der Waals surface area contributed by atoms with Crippen LogP contribution in [-0.2, 0) is 20.7 Å². The second-order valence-corrected chi connectivity index (χ2v) is 19.0. The average Bonchev–Trinajstić information content (AvgIpc) is 3.82. The van der Waals surface area contributed by atoms with Gasteiger partial charge in [-0.25, -0.2) is 14.8 Å². The van der Waals surface area contributed by atoms with Crippen LogP contribution in [0.2, 0.25) is 0 Å². The fraction of sp³-hybridized carbons (Fsp3) is 0.490. The first-order valence-electron chi connectivity index (χ1n) is 22.3. The number of nitrogens with zero attached hydrogens (tertiary/aromatic N) is 4. The first kappa shape index (κ1) is 38.7. The Morgan fingerprint density at radius 3 is 2.30 bits per heavy atom. The molecule has 3 aliphatic carbocycles. The lowest BCUT2D eigenvalue weighted by molar-refractivity contribution is -0.137. The van der Waals surface area contributed by atoms with Crippen molar-refractivity contribution < 1.29 is 19.1 Å². The molecule has 2 saturated heterocycles. The van der Waals surface area contributed by atoms with E-state index in [1.807, 2.05) is 31.9 Å². The topological polar surface area (TPSA) is 136 Å². The highest BCUT2D eigenvalue weighted by molar-refractivity contribution is 5.88. The number of benzene rings is 3. The minimum absolute atomic E-state index is 0.00455. The number of amides is 3. The van der Waals surface area contributed by atoms with Crippen LogP contribution in [0.25, 0.3) is 44.5 Å². The van der Waals surface area contributed by atoms with E-state index in [2.05, 4.69) is 88.6 Å². The van der Waals surface area contributed by atoms with Gasteiger partial charge in [-0.05, 0) is 126 Å². The van der Waals surface area contributed by atoms with Gasteiger partial charge in [-0.2, -0.15) is 0 Å². The van der Waals surface area contributed by atoms with E-state index in [4.69, 9.17) is 14.7 Å². The number of nitrogens with one attached hydrogen (secondary N) is 3. The van der Waals surface area contributed by atoms with E-state index in [1.54, 1.807) is 0 Å². The number of alkyl carbamates (subject to hydrolysis) is 1. The van der Waals surface area contributed by atoms with Gasteiger partial charge in [-0.3, -0.25) is 9.59 Å². The molecule has 8 unspecified atom stereocenters. The molecule has 0 bridgehead atoms. The summed E-state index contributed by atoms with van der Waals surface area (Å²) < 4.78 is 4.83. The molecule has 0 radical (unpaired) electrons. The van der Waals surface area contributed by atoms with Gasteiger partial charge in [0.05, 0.1) is 42.1 Å². The minimum atomic E-state index is -0.661. The lowest BCUT2D eigenvalue weighted by Gasteiger charge is -2.32. The van der Waals surface area contributed by atoms with Crippen molar-refractivity contribution >= 4 is 28.9 Å². The molecule has 11 nitrogen and oxygen atoms in total. The third-order valence-corrected chi connectivity index (χ3v) is 14.8. The fourth-order valence-corrected chi connectivity index (χ4v) is 10.9. The van der Waals surface area contributed by atoms with Crippen molar-refractivity contribution in [3.63, 3.8) is 0 Å². The van der Waals surface area contributed by atoms with Crippen LogP contribution in [0.1, 0.15) is 114 Å². The number of hydrogen-bond donors (Lipinski definition) is 3.